The number of ether oxygens (including phenoxy) is 1. The number of aromatic hydroxyl groups is 5. The first kappa shape index (κ1) is 26.5. The van der Waals surface area contributed by atoms with Gasteiger partial charge in [-0.15, -0.1) is 0 Å². The quantitative estimate of drug-likeness (QED) is 0.179. The predicted molar refractivity (Wildman–Crippen MR) is 146 cm³/mol. The first-order valence-corrected chi connectivity index (χ1v) is 12.5. The minimum Gasteiger partial charge on any atom is -0.508 e. The summed E-state index contributed by atoms with van der Waals surface area (Å²) < 4.78 is 16.7. The molecule has 1 unspecified atom stereocenters. The molecule has 5 N–H and O–H groups in total. The lowest BCUT2D eigenvalue weighted by molar-refractivity contribution is 0.265. The molecule has 6 rings (SSSR count). The molecule has 5 aromatic rings. The maximum Gasteiger partial charge on any atom is 0.235 e. The van der Waals surface area contributed by atoms with Crippen LogP contribution in [0.2, 0.25) is 0 Å². The van der Waals surface area contributed by atoms with E-state index in [9.17, 15) is 35.1 Å². The molecule has 2 aromatic heterocycles. The van der Waals surface area contributed by atoms with Crippen LogP contribution < -0.4 is 15.6 Å². The van der Waals surface area contributed by atoms with E-state index in [1.165, 1.54) is 36.4 Å². The van der Waals surface area contributed by atoms with Crippen molar-refractivity contribution in [3.63, 3.8) is 0 Å². The Bertz CT molecular complexity index is 1880. The van der Waals surface area contributed by atoms with Crippen LogP contribution in [0.5, 0.6) is 34.5 Å². The summed E-state index contributed by atoms with van der Waals surface area (Å²) >= 11 is 0. The van der Waals surface area contributed by atoms with E-state index in [1.807, 2.05) is 0 Å². The summed E-state index contributed by atoms with van der Waals surface area (Å²) in [6.45, 7) is 4.44. The molecule has 0 saturated heterocycles. The molecule has 3 aromatic carbocycles. The van der Waals surface area contributed by atoms with Gasteiger partial charge in [0.15, 0.2) is 22.7 Å². The minimum absolute atomic E-state index is 0.00958. The second kappa shape index (κ2) is 10.2. The highest BCUT2D eigenvalue weighted by molar-refractivity contribution is 5.87. The fraction of sp³-hybridized carbons (Fsp3) is 0.200. The van der Waals surface area contributed by atoms with Gasteiger partial charge in [0, 0.05) is 29.3 Å². The van der Waals surface area contributed by atoms with Gasteiger partial charge in [0.2, 0.25) is 11.2 Å². The van der Waals surface area contributed by atoms with Crippen molar-refractivity contribution in [1.29, 1.82) is 0 Å². The van der Waals surface area contributed by atoms with Gasteiger partial charge in [-0.1, -0.05) is 6.92 Å². The fourth-order valence-corrected chi connectivity index (χ4v) is 4.55. The fourth-order valence-electron chi connectivity index (χ4n) is 4.55. The molecular formula is C30H26O10. The Kier molecular flexibility index (Phi) is 6.76. The molecule has 0 saturated carbocycles. The molecule has 1 aliphatic heterocycles. The van der Waals surface area contributed by atoms with E-state index in [1.54, 1.807) is 13.0 Å². The molecule has 0 aliphatic carbocycles. The predicted octanol–water partition coefficient (Wildman–Crippen LogP) is 5.05. The third-order valence-corrected chi connectivity index (χ3v) is 6.68. The van der Waals surface area contributed by atoms with E-state index in [2.05, 4.69) is 6.92 Å². The van der Waals surface area contributed by atoms with Crippen molar-refractivity contribution in [2.45, 2.75) is 26.7 Å². The summed E-state index contributed by atoms with van der Waals surface area (Å²) in [4.78, 5) is 24.1. The van der Waals surface area contributed by atoms with Gasteiger partial charge in [0.1, 0.15) is 39.6 Å². The molecule has 0 bridgehead atoms. The monoisotopic (exact) mass is 546 g/mol. The van der Waals surface area contributed by atoms with Gasteiger partial charge in [0.25, 0.3) is 0 Å². The van der Waals surface area contributed by atoms with Gasteiger partial charge in [-0.2, -0.15) is 0 Å². The molecule has 10 nitrogen and oxygen atoms in total. The van der Waals surface area contributed by atoms with Crippen LogP contribution in [0.3, 0.4) is 0 Å². The zero-order valence-corrected chi connectivity index (χ0v) is 21.6. The third-order valence-electron chi connectivity index (χ3n) is 6.68. The molecule has 1 aliphatic rings. The van der Waals surface area contributed by atoms with Crippen molar-refractivity contribution >= 4 is 21.9 Å². The van der Waals surface area contributed by atoms with Crippen LogP contribution in [-0.4, -0.2) is 32.1 Å². The molecular weight excluding hydrogens is 520 g/mol. The summed E-state index contributed by atoms with van der Waals surface area (Å²) in [5.41, 5.74) is 0.546. The Balaban J connectivity index is 0.000000162. The zero-order valence-electron chi connectivity index (χ0n) is 21.6. The smallest absolute Gasteiger partial charge is 0.235 e. The number of phenols is 4. The van der Waals surface area contributed by atoms with Crippen LogP contribution >= 0.6 is 0 Å². The summed E-state index contributed by atoms with van der Waals surface area (Å²) in [6, 6.07) is 10.8. The number of aryl methyl sites for hydroxylation is 1. The first-order chi connectivity index (χ1) is 19.0. The number of phenolic OH excluding ortho intramolecular Hbond substituents is 4. The second-order valence-corrected chi connectivity index (χ2v) is 9.74. The molecule has 1 atom stereocenters. The van der Waals surface area contributed by atoms with Crippen molar-refractivity contribution in [3.8, 4) is 45.8 Å². The minimum atomic E-state index is -0.654. The highest BCUT2D eigenvalue weighted by Crippen LogP contribution is 2.38. The van der Waals surface area contributed by atoms with Crippen molar-refractivity contribution in [2.75, 3.05) is 6.61 Å². The van der Waals surface area contributed by atoms with Crippen LogP contribution in [0.25, 0.3) is 33.3 Å². The zero-order chi connectivity index (χ0) is 28.7. The molecule has 10 heteroatoms. The van der Waals surface area contributed by atoms with Crippen LogP contribution in [-0.2, 0) is 6.42 Å². The van der Waals surface area contributed by atoms with Crippen LogP contribution in [0.1, 0.15) is 24.7 Å². The number of rotatable bonds is 1. The molecule has 40 heavy (non-hydrogen) atoms. The Morgan fingerprint density at radius 1 is 0.825 bits per heavy atom. The standard InChI is InChI=1S/C15H10O6.C15H16O4/c16-8-2-3-9-12(6-8)21-15(14(20)13(9)19)7-1-4-10(17)11(18)5-7;1-8-3-4-10-12(18-7-8)6-13-14(15(10)17)11(16)5-9(2)19-13/h1-6,16-18,20H;5-6,8,17H,3-4,7H2,1-2H3. The third kappa shape index (κ3) is 4.86. The Labute approximate surface area is 226 Å². The molecule has 0 amide bonds. The van der Waals surface area contributed by atoms with E-state index in [0.29, 0.717) is 41.6 Å². The van der Waals surface area contributed by atoms with Crippen LogP contribution in [0.4, 0.5) is 0 Å². The highest BCUT2D eigenvalue weighted by Gasteiger charge is 2.22. The highest BCUT2D eigenvalue weighted by atomic mass is 16.5. The maximum atomic E-state index is 12.1. The van der Waals surface area contributed by atoms with Gasteiger partial charge in [-0.25, -0.2) is 0 Å². The summed E-state index contributed by atoms with van der Waals surface area (Å²) in [5, 5.41) is 48.9. The number of fused-ring (bicyclic) bond motifs is 3. The van der Waals surface area contributed by atoms with Gasteiger partial charge in [-0.3, -0.25) is 9.59 Å². The van der Waals surface area contributed by atoms with Crippen molar-refractivity contribution in [2.24, 2.45) is 5.92 Å². The first-order valence-electron chi connectivity index (χ1n) is 12.5. The molecule has 0 radical (unpaired) electrons. The van der Waals surface area contributed by atoms with E-state index in [0.717, 1.165) is 12.5 Å². The van der Waals surface area contributed by atoms with Crippen LogP contribution in [0, 0.1) is 12.8 Å². The lowest BCUT2D eigenvalue weighted by atomic mass is 10.00. The second-order valence-electron chi connectivity index (χ2n) is 9.74. The van der Waals surface area contributed by atoms with E-state index in [-0.39, 0.29) is 50.4 Å². The lowest BCUT2D eigenvalue weighted by Crippen LogP contribution is -2.05. The maximum absolute atomic E-state index is 12.1. The van der Waals surface area contributed by atoms with Gasteiger partial charge >= 0.3 is 0 Å². The van der Waals surface area contributed by atoms with Gasteiger partial charge < -0.3 is 39.1 Å². The van der Waals surface area contributed by atoms with Gasteiger partial charge in [0.05, 0.1) is 12.0 Å². The lowest BCUT2D eigenvalue weighted by Gasteiger charge is -2.11. The Morgan fingerprint density at radius 3 is 2.35 bits per heavy atom. The topological polar surface area (TPSA) is 171 Å². The summed E-state index contributed by atoms with van der Waals surface area (Å²) in [5.74, 6) is -0.00954. The molecule has 0 spiro atoms. The van der Waals surface area contributed by atoms with Crippen molar-refractivity contribution in [3.05, 3.63) is 80.3 Å². The van der Waals surface area contributed by atoms with Crippen molar-refractivity contribution in [1.82, 2.24) is 0 Å². The Hall–Kier alpha value is -5.12. The van der Waals surface area contributed by atoms with E-state index >= 15 is 0 Å². The largest absolute Gasteiger partial charge is 0.508 e. The Morgan fingerprint density at radius 2 is 1.60 bits per heavy atom. The molecule has 206 valence electrons. The molecule has 0 fully saturated rings. The normalized spacial score (nSPS) is 14.6. The average Bonchev–Trinajstić information content (AvgIpc) is 3.09. The number of hydrogen-bond acceptors (Lipinski definition) is 10. The number of benzene rings is 3. The SMILES string of the molecule is Cc1cc(=O)c2c(O)c3c(cc2o1)OCC(C)CC3.O=c1c(O)c(-c2ccc(O)c(O)c2)oc2cc(O)ccc12. The molecule has 3 heterocycles. The van der Waals surface area contributed by atoms with Crippen molar-refractivity contribution < 1.29 is 39.1 Å². The number of hydrogen-bond donors (Lipinski definition) is 5. The van der Waals surface area contributed by atoms with E-state index in [4.69, 9.17) is 13.6 Å². The van der Waals surface area contributed by atoms with Gasteiger partial charge in [-0.05, 0) is 56.0 Å². The average molecular weight is 547 g/mol. The summed E-state index contributed by atoms with van der Waals surface area (Å²) in [6.07, 6.45) is 1.65. The van der Waals surface area contributed by atoms with E-state index < -0.39 is 16.9 Å². The summed E-state index contributed by atoms with van der Waals surface area (Å²) in [7, 11) is 0. The van der Waals surface area contributed by atoms with Crippen LogP contribution in [0.15, 0.2) is 67.0 Å².